The Bertz CT molecular complexity index is 681. The lowest BCUT2D eigenvalue weighted by atomic mass is 10.2. The van der Waals surface area contributed by atoms with Crippen molar-refractivity contribution in [1.29, 1.82) is 0 Å². The average Bonchev–Trinajstić information content (AvgIpc) is 2.60. The summed E-state index contributed by atoms with van der Waals surface area (Å²) in [6.45, 7) is 2.51. The molecule has 5 heteroatoms. The summed E-state index contributed by atoms with van der Waals surface area (Å²) in [5, 5.41) is 0. The third-order valence-electron chi connectivity index (χ3n) is 3.27. The third kappa shape index (κ3) is 4.32. The van der Waals surface area contributed by atoms with Crippen molar-refractivity contribution in [3.8, 4) is 11.6 Å². The Balaban J connectivity index is 2.11. The van der Waals surface area contributed by atoms with Crippen LogP contribution in [0.3, 0.4) is 0 Å². The highest BCUT2D eigenvalue weighted by molar-refractivity contribution is 6.03. The maximum atomic E-state index is 12.3. The summed E-state index contributed by atoms with van der Waals surface area (Å²) < 4.78 is 10.5. The van der Waals surface area contributed by atoms with Gasteiger partial charge in [-0.2, -0.15) is 0 Å². The summed E-state index contributed by atoms with van der Waals surface area (Å²) in [7, 11) is 3.25. The molecule has 120 valence electrons. The Labute approximate surface area is 136 Å². The topological polar surface area (TPSA) is 51.7 Å². The molecule has 1 aromatic carbocycles. The van der Waals surface area contributed by atoms with Crippen LogP contribution in [-0.2, 0) is 4.79 Å². The molecule has 1 heterocycles. The van der Waals surface area contributed by atoms with Crippen molar-refractivity contribution in [2.45, 2.75) is 6.92 Å². The van der Waals surface area contributed by atoms with Gasteiger partial charge in [0, 0.05) is 24.8 Å². The lowest BCUT2D eigenvalue weighted by Crippen LogP contribution is -2.24. The number of likely N-dealkylation sites (N-methyl/N-ethyl adjacent to an activating group) is 1. The highest BCUT2D eigenvalue weighted by Crippen LogP contribution is 2.20. The van der Waals surface area contributed by atoms with Crippen molar-refractivity contribution in [1.82, 2.24) is 4.98 Å². The van der Waals surface area contributed by atoms with E-state index in [2.05, 4.69) is 4.98 Å². The number of carbonyl (C=O) groups is 1. The van der Waals surface area contributed by atoms with Crippen LogP contribution in [0.4, 0.5) is 5.69 Å². The molecule has 0 aliphatic rings. The van der Waals surface area contributed by atoms with Gasteiger partial charge < -0.3 is 14.4 Å². The zero-order valence-electron chi connectivity index (χ0n) is 13.5. The SMILES string of the molecule is CCOc1ccccc1/C=C/C(=O)N(C)c1ccc(OC)nc1. The molecular formula is C18H20N2O3. The Morgan fingerprint density at radius 2 is 2.04 bits per heavy atom. The van der Waals surface area contributed by atoms with Crippen LogP contribution in [0, 0.1) is 0 Å². The lowest BCUT2D eigenvalue weighted by Gasteiger charge is -2.15. The van der Waals surface area contributed by atoms with Gasteiger partial charge in [-0.3, -0.25) is 4.79 Å². The Morgan fingerprint density at radius 3 is 2.70 bits per heavy atom. The number of nitrogens with zero attached hydrogens (tertiary/aromatic N) is 2. The average molecular weight is 312 g/mol. The molecule has 5 nitrogen and oxygen atoms in total. The van der Waals surface area contributed by atoms with E-state index in [0.29, 0.717) is 18.2 Å². The number of methoxy groups -OCH3 is 1. The Kier molecular flexibility index (Phi) is 5.74. The quantitative estimate of drug-likeness (QED) is 0.769. The highest BCUT2D eigenvalue weighted by Gasteiger charge is 2.09. The van der Waals surface area contributed by atoms with Gasteiger partial charge >= 0.3 is 0 Å². The molecule has 0 unspecified atom stereocenters. The van der Waals surface area contributed by atoms with E-state index >= 15 is 0 Å². The zero-order valence-corrected chi connectivity index (χ0v) is 13.5. The molecule has 23 heavy (non-hydrogen) atoms. The first-order valence-corrected chi connectivity index (χ1v) is 7.33. The standard InChI is InChI=1S/C18H20N2O3/c1-4-23-16-8-6-5-7-14(16)9-12-18(21)20(2)15-10-11-17(22-3)19-13-15/h5-13H,4H2,1-3H3/b12-9+. The van der Waals surface area contributed by atoms with Crippen LogP contribution < -0.4 is 14.4 Å². The molecular weight excluding hydrogens is 292 g/mol. The van der Waals surface area contributed by atoms with Crippen LogP contribution >= 0.6 is 0 Å². The van der Waals surface area contributed by atoms with Crippen LogP contribution in [0.25, 0.3) is 6.08 Å². The molecule has 0 bridgehead atoms. The monoisotopic (exact) mass is 312 g/mol. The number of hydrogen-bond acceptors (Lipinski definition) is 4. The fraction of sp³-hybridized carbons (Fsp3) is 0.222. The molecule has 1 amide bonds. The Morgan fingerprint density at radius 1 is 1.26 bits per heavy atom. The number of amides is 1. The number of aromatic nitrogens is 1. The van der Waals surface area contributed by atoms with Crippen molar-refractivity contribution in [3.63, 3.8) is 0 Å². The van der Waals surface area contributed by atoms with Crippen molar-refractivity contribution in [2.75, 3.05) is 25.7 Å². The van der Waals surface area contributed by atoms with Crippen molar-refractivity contribution < 1.29 is 14.3 Å². The zero-order chi connectivity index (χ0) is 16.7. The van der Waals surface area contributed by atoms with Gasteiger partial charge in [-0.05, 0) is 25.1 Å². The largest absolute Gasteiger partial charge is 0.493 e. The van der Waals surface area contributed by atoms with Gasteiger partial charge in [0.2, 0.25) is 5.88 Å². The maximum absolute atomic E-state index is 12.3. The number of ether oxygens (including phenoxy) is 2. The third-order valence-corrected chi connectivity index (χ3v) is 3.27. The number of carbonyl (C=O) groups excluding carboxylic acids is 1. The van der Waals surface area contributed by atoms with Gasteiger partial charge in [0.15, 0.2) is 0 Å². The van der Waals surface area contributed by atoms with Gasteiger partial charge in [0.1, 0.15) is 5.75 Å². The highest BCUT2D eigenvalue weighted by atomic mass is 16.5. The summed E-state index contributed by atoms with van der Waals surface area (Å²) in [5.41, 5.74) is 1.56. The van der Waals surface area contributed by atoms with E-state index in [-0.39, 0.29) is 5.91 Å². The summed E-state index contributed by atoms with van der Waals surface area (Å²) in [6.07, 6.45) is 4.86. The molecule has 0 aliphatic heterocycles. The first-order valence-electron chi connectivity index (χ1n) is 7.33. The smallest absolute Gasteiger partial charge is 0.250 e. The molecule has 0 fully saturated rings. The Hall–Kier alpha value is -2.82. The van der Waals surface area contributed by atoms with Crippen LogP contribution in [0.1, 0.15) is 12.5 Å². The van der Waals surface area contributed by atoms with E-state index in [4.69, 9.17) is 9.47 Å². The molecule has 0 aliphatic carbocycles. The van der Waals surface area contributed by atoms with Crippen LogP contribution in [0.2, 0.25) is 0 Å². The van der Waals surface area contributed by atoms with Crippen molar-refractivity contribution in [3.05, 3.63) is 54.2 Å². The minimum atomic E-state index is -0.150. The molecule has 0 saturated heterocycles. The predicted octanol–water partition coefficient (Wildman–Crippen LogP) is 3.17. The first-order chi connectivity index (χ1) is 11.2. The van der Waals surface area contributed by atoms with E-state index in [1.54, 1.807) is 38.6 Å². The molecule has 0 spiro atoms. The summed E-state index contributed by atoms with van der Waals surface area (Å²) in [4.78, 5) is 17.9. The fourth-order valence-electron chi connectivity index (χ4n) is 2.00. The van der Waals surface area contributed by atoms with Crippen LogP contribution in [-0.4, -0.2) is 31.7 Å². The number of anilines is 1. The van der Waals surface area contributed by atoms with Gasteiger partial charge in [0.05, 0.1) is 25.6 Å². The van der Waals surface area contributed by atoms with E-state index < -0.39 is 0 Å². The second kappa shape index (κ2) is 7.98. The molecule has 0 atom stereocenters. The normalized spacial score (nSPS) is 10.6. The summed E-state index contributed by atoms with van der Waals surface area (Å²) in [6, 6.07) is 11.1. The molecule has 2 aromatic rings. The number of para-hydroxylation sites is 1. The molecule has 0 radical (unpaired) electrons. The first kappa shape index (κ1) is 16.5. The van der Waals surface area contributed by atoms with Gasteiger partial charge in [-0.1, -0.05) is 18.2 Å². The van der Waals surface area contributed by atoms with Crippen LogP contribution in [0.5, 0.6) is 11.6 Å². The van der Waals surface area contributed by atoms with E-state index in [1.807, 2.05) is 31.2 Å². The van der Waals surface area contributed by atoms with E-state index in [9.17, 15) is 4.79 Å². The molecule has 0 N–H and O–H groups in total. The maximum Gasteiger partial charge on any atom is 0.250 e. The fourth-order valence-corrected chi connectivity index (χ4v) is 2.00. The van der Waals surface area contributed by atoms with E-state index in [1.165, 1.54) is 11.0 Å². The predicted molar refractivity (Wildman–Crippen MR) is 90.8 cm³/mol. The van der Waals surface area contributed by atoms with Crippen LogP contribution in [0.15, 0.2) is 48.7 Å². The number of hydrogen-bond donors (Lipinski definition) is 0. The summed E-state index contributed by atoms with van der Waals surface area (Å²) >= 11 is 0. The van der Waals surface area contributed by atoms with E-state index in [0.717, 1.165) is 11.3 Å². The molecule has 1 aromatic heterocycles. The van der Waals surface area contributed by atoms with Gasteiger partial charge in [-0.25, -0.2) is 4.98 Å². The summed E-state index contributed by atoms with van der Waals surface area (Å²) in [5.74, 6) is 1.12. The minimum Gasteiger partial charge on any atom is -0.493 e. The number of rotatable bonds is 6. The van der Waals surface area contributed by atoms with Gasteiger partial charge in [0.25, 0.3) is 5.91 Å². The number of benzene rings is 1. The molecule has 2 rings (SSSR count). The second-order valence-electron chi connectivity index (χ2n) is 4.76. The lowest BCUT2D eigenvalue weighted by molar-refractivity contribution is -0.113. The minimum absolute atomic E-state index is 0.150. The van der Waals surface area contributed by atoms with Gasteiger partial charge in [-0.15, -0.1) is 0 Å². The molecule has 0 saturated carbocycles. The van der Waals surface area contributed by atoms with Crippen molar-refractivity contribution in [2.24, 2.45) is 0 Å². The number of pyridine rings is 1. The van der Waals surface area contributed by atoms with Crippen molar-refractivity contribution >= 4 is 17.7 Å². The second-order valence-corrected chi connectivity index (χ2v) is 4.76.